The van der Waals surface area contributed by atoms with Gasteiger partial charge in [-0.3, -0.25) is 14.3 Å². The molecule has 0 aromatic rings. The van der Waals surface area contributed by atoms with E-state index in [1.54, 1.807) is 6.92 Å². The van der Waals surface area contributed by atoms with Crippen LogP contribution in [0.4, 0.5) is 0 Å². The Hall–Kier alpha value is -1.59. The van der Waals surface area contributed by atoms with Crippen LogP contribution in [0, 0.1) is 0 Å². The number of rotatable bonds is 0. The fraction of sp³-hybridized carbons (Fsp3) is 0.636. The summed E-state index contributed by atoms with van der Waals surface area (Å²) in [5.74, 6) is -0.962. The molecule has 0 aliphatic carbocycles. The number of ketones is 1. The number of nitrogens with one attached hydrogen (secondary N) is 3. The highest BCUT2D eigenvalue weighted by Gasteiger charge is 2.31. The third-order valence-corrected chi connectivity index (χ3v) is 7.85. The molecule has 0 radical (unpaired) electrons. The quantitative estimate of drug-likeness (QED) is 0.341. The molecule has 16 heteroatoms. The Morgan fingerprint density at radius 3 is 1.74 bits per heavy atom. The Labute approximate surface area is 158 Å². The molecule has 3 aliphatic heterocycles. The maximum absolute atomic E-state index is 10.7. The minimum Gasteiger partial charge on any atom is -0.297 e. The summed E-state index contributed by atoms with van der Waals surface area (Å²) in [6, 6.07) is -0.185. The molecule has 3 heterocycles. The van der Waals surface area contributed by atoms with E-state index in [2.05, 4.69) is 16.0 Å². The molecule has 0 saturated carbocycles. The molecule has 3 fully saturated rings. The number of carbonyl (C=O) groups excluding carboxylic acids is 2. The maximum atomic E-state index is 10.7. The van der Waals surface area contributed by atoms with Gasteiger partial charge in [0.1, 0.15) is 5.75 Å². The molecule has 3 aliphatic rings. The molecule has 0 bridgehead atoms. The Morgan fingerprint density at radius 1 is 1.07 bits per heavy atom. The maximum Gasteiger partial charge on any atom is 0.303 e. The third kappa shape index (κ3) is 6.51. The van der Waals surface area contributed by atoms with Crippen LogP contribution in [0.15, 0.2) is 12.3 Å². The molecule has 1 amide bonds. The van der Waals surface area contributed by atoms with Gasteiger partial charge in [0.05, 0.1) is 19.1 Å². The molecule has 0 spiro atoms. The van der Waals surface area contributed by atoms with Gasteiger partial charge in [0.15, 0.2) is 5.78 Å². The number of sulfonamides is 1. The fourth-order valence-corrected chi connectivity index (χ4v) is 4.88. The van der Waals surface area contributed by atoms with Crippen molar-refractivity contribution in [3.8, 4) is 0 Å². The monoisotopic (exact) mass is 447 g/mol. The largest absolute Gasteiger partial charge is 0.303 e. The summed E-state index contributed by atoms with van der Waals surface area (Å²) >= 11 is 0. The molecule has 27 heavy (non-hydrogen) atoms. The topological polar surface area (TPSA) is 179 Å². The summed E-state index contributed by atoms with van der Waals surface area (Å²) in [7, 11) is -7.25. The minimum atomic E-state index is -3.44. The first kappa shape index (κ1) is 23.4. The molecule has 0 aromatic carbocycles. The molecule has 13 nitrogen and oxygen atoms in total. The summed E-state index contributed by atoms with van der Waals surface area (Å²) in [5.41, 5.74) is 0.495. The standard InChI is InChI=1S/C4H8N2O2S.C4H7NO3S.C3H6N2O3S/c1-3-4(2)6-9(7,8)5-3;1-5-2-4(6)3-9(5,7)8;1-5-3(6)2-4-9(5,7)8/h4-6H,1H2,2H3;2-3H2,1H3;4H,2H2,1H3. The van der Waals surface area contributed by atoms with Gasteiger partial charge >= 0.3 is 10.2 Å². The predicted molar refractivity (Wildman–Crippen MR) is 94.9 cm³/mol. The van der Waals surface area contributed by atoms with Crippen molar-refractivity contribution in [2.75, 3.05) is 32.9 Å². The van der Waals surface area contributed by atoms with Gasteiger partial charge in [-0.1, -0.05) is 6.58 Å². The molecule has 156 valence electrons. The third-order valence-electron chi connectivity index (χ3n) is 3.45. The highest BCUT2D eigenvalue weighted by Crippen LogP contribution is 2.06. The van der Waals surface area contributed by atoms with Crippen molar-refractivity contribution < 1.29 is 34.8 Å². The number of amides is 1. The van der Waals surface area contributed by atoms with Crippen molar-refractivity contribution in [2.45, 2.75) is 13.0 Å². The van der Waals surface area contributed by atoms with Crippen molar-refractivity contribution in [2.24, 2.45) is 0 Å². The summed E-state index contributed by atoms with van der Waals surface area (Å²) in [5, 5.41) is 0. The lowest BCUT2D eigenvalue weighted by Crippen LogP contribution is -2.27. The summed E-state index contributed by atoms with van der Waals surface area (Å²) in [4.78, 5) is 20.9. The van der Waals surface area contributed by atoms with E-state index in [4.69, 9.17) is 0 Å². The predicted octanol–water partition coefficient (Wildman–Crippen LogP) is -3.55. The van der Waals surface area contributed by atoms with Crippen molar-refractivity contribution in [3.63, 3.8) is 0 Å². The SMILES string of the molecule is C=C1NS(=O)(=O)NC1C.CN1C(=O)CNS1(=O)=O.CN1CC(=O)CS1(=O)=O. The lowest BCUT2D eigenvalue weighted by molar-refractivity contribution is -0.123. The number of hydrogen-bond donors (Lipinski definition) is 3. The van der Waals surface area contributed by atoms with Gasteiger partial charge in [-0.25, -0.2) is 12.7 Å². The lowest BCUT2D eigenvalue weighted by Gasteiger charge is -2.03. The van der Waals surface area contributed by atoms with Crippen LogP contribution in [0.25, 0.3) is 0 Å². The first-order valence-corrected chi connectivity index (χ1v) is 11.8. The molecule has 3 rings (SSSR count). The highest BCUT2D eigenvalue weighted by molar-refractivity contribution is 7.90. The molecule has 3 N–H and O–H groups in total. The zero-order valence-electron chi connectivity index (χ0n) is 14.8. The van der Waals surface area contributed by atoms with Gasteiger partial charge in [0.2, 0.25) is 10.0 Å². The van der Waals surface area contributed by atoms with Crippen molar-refractivity contribution >= 4 is 42.1 Å². The van der Waals surface area contributed by atoms with Crippen molar-refractivity contribution in [1.29, 1.82) is 0 Å². The number of Topliss-reactive ketones (excluding diaryl/α,β-unsaturated/α-hetero) is 1. The highest BCUT2D eigenvalue weighted by atomic mass is 32.2. The van der Waals surface area contributed by atoms with Gasteiger partial charge in [0, 0.05) is 19.8 Å². The van der Waals surface area contributed by atoms with Crippen molar-refractivity contribution in [3.05, 3.63) is 12.3 Å². The van der Waals surface area contributed by atoms with E-state index in [9.17, 15) is 34.8 Å². The molecule has 3 saturated heterocycles. The number of hydrogen-bond acceptors (Lipinski definition) is 8. The van der Waals surface area contributed by atoms with Crippen LogP contribution in [0.3, 0.4) is 0 Å². The van der Waals surface area contributed by atoms with E-state index in [1.807, 2.05) is 4.72 Å². The van der Waals surface area contributed by atoms with Crippen LogP contribution < -0.4 is 14.2 Å². The van der Waals surface area contributed by atoms with Crippen molar-refractivity contribution in [1.82, 2.24) is 22.8 Å². The Balaban J connectivity index is 0.000000202. The normalized spacial score (nSPS) is 28.0. The summed E-state index contributed by atoms with van der Waals surface area (Å²) in [6.07, 6.45) is 0. The van der Waals surface area contributed by atoms with Crippen LogP contribution in [0.5, 0.6) is 0 Å². The lowest BCUT2D eigenvalue weighted by atomic mass is 10.3. The summed E-state index contributed by atoms with van der Waals surface area (Å²) < 4.78 is 71.9. The molecule has 0 aromatic heterocycles. The van der Waals surface area contributed by atoms with E-state index < -0.39 is 36.3 Å². The second-order valence-corrected chi connectivity index (χ2v) is 11.0. The number of carbonyl (C=O) groups is 2. The zero-order valence-corrected chi connectivity index (χ0v) is 17.2. The average molecular weight is 448 g/mol. The van der Waals surface area contributed by atoms with Crippen LogP contribution in [0.1, 0.15) is 6.92 Å². The van der Waals surface area contributed by atoms with E-state index in [-0.39, 0.29) is 30.7 Å². The number of likely N-dealkylation sites (N-methyl/N-ethyl adjacent to an activating group) is 2. The van der Waals surface area contributed by atoms with Gasteiger partial charge in [-0.15, -0.1) is 0 Å². The second-order valence-electron chi connectivity index (χ2n) is 5.71. The molecular weight excluding hydrogens is 426 g/mol. The average Bonchev–Trinajstić information content (AvgIpc) is 2.98. The molecular formula is C11H21N5O8S3. The van der Waals surface area contributed by atoms with Crippen LogP contribution in [-0.4, -0.2) is 84.5 Å². The smallest absolute Gasteiger partial charge is 0.297 e. The Kier molecular flexibility index (Phi) is 7.11. The zero-order chi connectivity index (χ0) is 21.2. The van der Waals surface area contributed by atoms with Gasteiger partial charge < -0.3 is 0 Å². The van der Waals surface area contributed by atoms with Gasteiger partial charge in [0.25, 0.3) is 16.1 Å². The Bertz CT molecular complexity index is 926. The first-order valence-electron chi connectivity index (χ1n) is 7.28. The van der Waals surface area contributed by atoms with E-state index >= 15 is 0 Å². The fourth-order valence-electron chi connectivity index (χ4n) is 1.80. The summed E-state index contributed by atoms with van der Waals surface area (Å²) in [6.45, 7) is 5.13. The number of nitrogens with zero attached hydrogens (tertiary/aromatic N) is 2. The van der Waals surface area contributed by atoms with Crippen LogP contribution in [0.2, 0.25) is 0 Å². The van der Waals surface area contributed by atoms with E-state index in [0.29, 0.717) is 10.0 Å². The Morgan fingerprint density at radius 2 is 1.63 bits per heavy atom. The van der Waals surface area contributed by atoms with Gasteiger partial charge in [-0.2, -0.15) is 30.6 Å². The minimum absolute atomic E-state index is 0.0440. The van der Waals surface area contributed by atoms with Gasteiger partial charge in [-0.05, 0) is 6.92 Å². The first-order chi connectivity index (χ1) is 12.1. The van der Waals surface area contributed by atoms with Crippen LogP contribution >= 0.6 is 0 Å². The second kappa shape index (κ2) is 8.19. The molecule has 1 atom stereocenters. The van der Waals surface area contributed by atoms with E-state index in [1.165, 1.54) is 14.1 Å². The molecule has 1 unspecified atom stereocenters. The van der Waals surface area contributed by atoms with Crippen LogP contribution in [-0.2, 0) is 40.0 Å². The van der Waals surface area contributed by atoms with E-state index in [0.717, 1.165) is 4.31 Å².